The molecular formula is C14H12N2OS. The van der Waals surface area contributed by atoms with E-state index in [0.29, 0.717) is 0 Å². The van der Waals surface area contributed by atoms with Crippen LogP contribution in [0.25, 0.3) is 10.9 Å². The minimum atomic E-state index is 0.0447. The van der Waals surface area contributed by atoms with Crippen LogP contribution < -0.4 is 5.43 Å². The number of benzene rings is 1. The first-order valence-corrected chi connectivity index (χ1v) is 6.68. The van der Waals surface area contributed by atoms with Crippen LogP contribution in [0, 0.1) is 0 Å². The van der Waals surface area contributed by atoms with Gasteiger partial charge in [0, 0.05) is 51.8 Å². The Hall–Kier alpha value is -1.94. The molecule has 0 spiro atoms. The summed E-state index contributed by atoms with van der Waals surface area (Å²) in [5.41, 5.74) is 2.13. The predicted octanol–water partition coefficient (Wildman–Crippen LogP) is 3.15. The van der Waals surface area contributed by atoms with Crippen LogP contribution in [0.4, 0.5) is 0 Å². The minimum Gasteiger partial charge on any atom is -0.364 e. The summed E-state index contributed by atoms with van der Waals surface area (Å²) >= 11 is 1.72. The second-order valence-corrected chi connectivity index (χ2v) is 5.05. The highest BCUT2D eigenvalue weighted by molar-refractivity contribution is 7.98. The van der Waals surface area contributed by atoms with Gasteiger partial charge in [-0.15, -0.1) is 11.8 Å². The number of thioether (sulfide) groups is 1. The molecule has 0 aliphatic carbocycles. The lowest BCUT2D eigenvalue weighted by Crippen LogP contribution is -1.99. The third-order valence-electron chi connectivity index (χ3n) is 2.77. The van der Waals surface area contributed by atoms with Gasteiger partial charge in [-0.05, 0) is 6.07 Å². The SMILES string of the molecule is O=c1cc[nH]c(CSc2c[nH]c3ccccc23)c1. The number of aromatic nitrogens is 2. The Morgan fingerprint density at radius 2 is 2.00 bits per heavy atom. The van der Waals surface area contributed by atoms with Crippen LogP contribution in [-0.4, -0.2) is 9.97 Å². The first-order chi connectivity index (χ1) is 8.83. The van der Waals surface area contributed by atoms with Crippen LogP contribution in [0.1, 0.15) is 5.69 Å². The monoisotopic (exact) mass is 256 g/mol. The van der Waals surface area contributed by atoms with Crippen molar-refractivity contribution in [3.05, 3.63) is 64.7 Å². The Labute approximate surface area is 108 Å². The van der Waals surface area contributed by atoms with Crippen LogP contribution in [0.2, 0.25) is 0 Å². The Morgan fingerprint density at radius 1 is 1.11 bits per heavy atom. The van der Waals surface area contributed by atoms with Crippen molar-refractivity contribution in [2.45, 2.75) is 10.6 Å². The summed E-state index contributed by atoms with van der Waals surface area (Å²) in [6, 6.07) is 11.4. The molecule has 0 saturated carbocycles. The molecule has 0 fully saturated rings. The van der Waals surface area contributed by atoms with Gasteiger partial charge in [0.2, 0.25) is 0 Å². The summed E-state index contributed by atoms with van der Waals surface area (Å²) in [6.07, 6.45) is 3.70. The zero-order valence-corrected chi connectivity index (χ0v) is 10.5. The van der Waals surface area contributed by atoms with Crippen molar-refractivity contribution in [2.75, 3.05) is 0 Å². The number of pyridine rings is 1. The van der Waals surface area contributed by atoms with Crippen LogP contribution in [0.15, 0.2) is 58.5 Å². The molecule has 2 aromatic heterocycles. The molecule has 0 aliphatic rings. The second-order valence-electron chi connectivity index (χ2n) is 4.04. The largest absolute Gasteiger partial charge is 0.364 e. The van der Waals surface area contributed by atoms with Crippen molar-refractivity contribution in [3.63, 3.8) is 0 Å². The number of hydrogen-bond acceptors (Lipinski definition) is 2. The molecule has 0 aliphatic heterocycles. The molecule has 90 valence electrons. The first-order valence-electron chi connectivity index (χ1n) is 5.69. The van der Waals surface area contributed by atoms with Crippen molar-refractivity contribution in [3.8, 4) is 0 Å². The molecule has 0 saturated heterocycles. The molecule has 1 aromatic carbocycles. The molecule has 0 bridgehead atoms. The lowest BCUT2D eigenvalue weighted by Gasteiger charge is -2.00. The molecule has 4 heteroatoms. The topological polar surface area (TPSA) is 48.6 Å². The van der Waals surface area contributed by atoms with Gasteiger partial charge in [0.05, 0.1) is 0 Å². The highest BCUT2D eigenvalue weighted by Crippen LogP contribution is 2.29. The summed E-state index contributed by atoms with van der Waals surface area (Å²) in [5, 5.41) is 1.22. The van der Waals surface area contributed by atoms with Gasteiger partial charge in [0.25, 0.3) is 0 Å². The highest BCUT2D eigenvalue weighted by Gasteiger charge is 2.03. The van der Waals surface area contributed by atoms with E-state index in [1.54, 1.807) is 24.0 Å². The zero-order valence-electron chi connectivity index (χ0n) is 9.64. The fourth-order valence-electron chi connectivity index (χ4n) is 1.90. The average Bonchev–Trinajstić information content (AvgIpc) is 2.80. The number of para-hydroxylation sites is 1. The van der Waals surface area contributed by atoms with E-state index in [4.69, 9.17) is 0 Å². The standard InChI is InChI=1S/C14H12N2OS/c17-11-5-6-15-10(7-11)9-18-14-8-16-13-4-2-1-3-12(13)14/h1-8,16H,9H2,(H,15,17). The van der Waals surface area contributed by atoms with E-state index in [1.165, 1.54) is 16.3 Å². The molecule has 3 rings (SSSR count). The van der Waals surface area contributed by atoms with E-state index in [1.807, 2.05) is 18.3 Å². The summed E-state index contributed by atoms with van der Waals surface area (Å²) in [6.45, 7) is 0. The summed E-state index contributed by atoms with van der Waals surface area (Å²) in [4.78, 5) is 18.8. The third kappa shape index (κ3) is 2.19. The van der Waals surface area contributed by atoms with E-state index < -0.39 is 0 Å². The second kappa shape index (κ2) is 4.74. The molecule has 3 aromatic rings. The molecule has 2 N–H and O–H groups in total. The van der Waals surface area contributed by atoms with Gasteiger partial charge < -0.3 is 9.97 Å². The zero-order chi connectivity index (χ0) is 12.4. The van der Waals surface area contributed by atoms with E-state index in [-0.39, 0.29) is 5.43 Å². The van der Waals surface area contributed by atoms with Gasteiger partial charge in [-0.25, -0.2) is 0 Å². The molecule has 2 heterocycles. The van der Waals surface area contributed by atoms with Gasteiger partial charge in [-0.1, -0.05) is 18.2 Å². The van der Waals surface area contributed by atoms with Crippen LogP contribution in [0.3, 0.4) is 0 Å². The number of H-pyrrole nitrogens is 2. The van der Waals surface area contributed by atoms with Gasteiger partial charge >= 0.3 is 0 Å². The van der Waals surface area contributed by atoms with Gasteiger partial charge in [0.15, 0.2) is 5.43 Å². The molecule has 0 radical (unpaired) electrons. The van der Waals surface area contributed by atoms with E-state index >= 15 is 0 Å². The maximum absolute atomic E-state index is 11.2. The molecule has 3 nitrogen and oxygen atoms in total. The quantitative estimate of drug-likeness (QED) is 0.707. The first kappa shape index (κ1) is 11.2. The van der Waals surface area contributed by atoms with Crippen molar-refractivity contribution < 1.29 is 0 Å². The van der Waals surface area contributed by atoms with E-state index in [2.05, 4.69) is 22.1 Å². The van der Waals surface area contributed by atoms with E-state index in [9.17, 15) is 4.79 Å². The Morgan fingerprint density at radius 3 is 2.89 bits per heavy atom. The summed E-state index contributed by atoms with van der Waals surface area (Å²) in [7, 11) is 0. The predicted molar refractivity (Wildman–Crippen MR) is 74.9 cm³/mol. The Bertz CT molecular complexity index is 729. The van der Waals surface area contributed by atoms with Crippen LogP contribution >= 0.6 is 11.8 Å². The number of nitrogens with one attached hydrogen (secondary N) is 2. The maximum Gasteiger partial charge on any atom is 0.181 e. The highest BCUT2D eigenvalue weighted by atomic mass is 32.2. The maximum atomic E-state index is 11.2. The fraction of sp³-hybridized carbons (Fsp3) is 0.0714. The average molecular weight is 256 g/mol. The number of rotatable bonds is 3. The Kier molecular flexibility index (Phi) is 2.94. The lowest BCUT2D eigenvalue weighted by molar-refractivity contribution is 1.16. The molecule has 0 atom stereocenters. The fourth-order valence-corrected chi connectivity index (χ4v) is 2.85. The van der Waals surface area contributed by atoms with Crippen LogP contribution in [-0.2, 0) is 5.75 Å². The number of fused-ring (bicyclic) bond motifs is 1. The van der Waals surface area contributed by atoms with Crippen molar-refractivity contribution in [2.24, 2.45) is 0 Å². The van der Waals surface area contributed by atoms with Gasteiger partial charge in [-0.3, -0.25) is 4.79 Å². The lowest BCUT2D eigenvalue weighted by atomic mass is 10.2. The summed E-state index contributed by atoms with van der Waals surface area (Å²) in [5.74, 6) is 0.762. The number of aromatic amines is 2. The minimum absolute atomic E-state index is 0.0447. The van der Waals surface area contributed by atoms with Gasteiger partial charge in [-0.2, -0.15) is 0 Å². The van der Waals surface area contributed by atoms with Crippen molar-refractivity contribution in [1.82, 2.24) is 9.97 Å². The van der Waals surface area contributed by atoms with Crippen LogP contribution in [0.5, 0.6) is 0 Å². The molecule has 0 amide bonds. The van der Waals surface area contributed by atoms with Gasteiger partial charge in [0.1, 0.15) is 0 Å². The van der Waals surface area contributed by atoms with Crippen molar-refractivity contribution in [1.29, 1.82) is 0 Å². The summed E-state index contributed by atoms with van der Waals surface area (Å²) < 4.78 is 0. The van der Waals surface area contributed by atoms with Crippen molar-refractivity contribution >= 4 is 22.7 Å². The normalized spacial score (nSPS) is 10.9. The Balaban J connectivity index is 1.83. The third-order valence-corrected chi connectivity index (χ3v) is 3.87. The molecule has 18 heavy (non-hydrogen) atoms. The smallest absolute Gasteiger partial charge is 0.181 e. The molecular weight excluding hydrogens is 244 g/mol. The van der Waals surface area contributed by atoms with E-state index in [0.717, 1.165) is 17.0 Å². The number of hydrogen-bond donors (Lipinski definition) is 2. The molecule has 0 unspecified atom stereocenters.